The Morgan fingerprint density at radius 3 is 2.69 bits per heavy atom. The molecule has 0 bridgehead atoms. The number of carbonyl (C=O) groups is 1. The van der Waals surface area contributed by atoms with Crippen LogP contribution in [-0.2, 0) is 11.3 Å². The third-order valence-corrected chi connectivity index (χ3v) is 4.90. The maximum atomic E-state index is 13.7. The minimum absolute atomic E-state index is 0.0763. The molecule has 1 amide bonds. The number of ether oxygens (including phenoxy) is 1. The standard InChI is InChI=1S/C21H21FN4O2S/c1-3-13-26-20(15-9-11-16(12-10-15)28-4-2)24-25-21(26)29-14-19(27)23-18-8-6-5-7-17(18)22/h3,5-12H,1,4,13-14H2,2H3,(H,23,27). The fourth-order valence-electron chi connectivity index (χ4n) is 2.65. The summed E-state index contributed by atoms with van der Waals surface area (Å²) in [4.78, 5) is 12.2. The lowest BCUT2D eigenvalue weighted by Crippen LogP contribution is -2.15. The van der Waals surface area contributed by atoms with Crippen LogP contribution < -0.4 is 10.1 Å². The largest absolute Gasteiger partial charge is 0.494 e. The molecule has 29 heavy (non-hydrogen) atoms. The molecule has 150 valence electrons. The Labute approximate surface area is 172 Å². The quantitative estimate of drug-likeness (QED) is 0.417. The molecule has 2 aromatic carbocycles. The van der Waals surface area contributed by atoms with E-state index in [1.807, 2.05) is 35.8 Å². The molecule has 0 saturated heterocycles. The molecule has 0 aliphatic heterocycles. The SMILES string of the molecule is C=CCn1c(SCC(=O)Nc2ccccc2F)nnc1-c1ccc(OCC)cc1. The van der Waals surface area contributed by atoms with Crippen molar-refractivity contribution < 1.29 is 13.9 Å². The number of hydrogen-bond donors (Lipinski definition) is 1. The van der Waals surface area contributed by atoms with Crippen molar-refractivity contribution in [2.24, 2.45) is 0 Å². The van der Waals surface area contributed by atoms with E-state index in [9.17, 15) is 9.18 Å². The van der Waals surface area contributed by atoms with Crippen LogP contribution in [0, 0.1) is 5.82 Å². The minimum atomic E-state index is -0.474. The molecule has 1 N–H and O–H groups in total. The van der Waals surface area contributed by atoms with Crippen LogP contribution in [0.4, 0.5) is 10.1 Å². The zero-order valence-electron chi connectivity index (χ0n) is 16.0. The summed E-state index contributed by atoms with van der Waals surface area (Å²) in [7, 11) is 0. The van der Waals surface area contributed by atoms with Gasteiger partial charge in [-0.15, -0.1) is 16.8 Å². The molecule has 0 atom stereocenters. The first kappa shape index (κ1) is 20.6. The number of carbonyl (C=O) groups excluding carboxylic acids is 1. The van der Waals surface area contributed by atoms with Gasteiger partial charge in [0.05, 0.1) is 18.0 Å². The number of allylic oxidation sites excluding steroid dienone is 1. The molecular formula is C21H21FN4O2S. The lowest BCUT2D eigenvalue weighted by molar-refractivity contribution is -0.113. The van der Waals surface area contributed by atoms with Crippen molar-refractivity contribution in [3.8, 4) is 17.1 Å². The summed E-state index contributed by atoms with van der Waals surface area (Å²) in [6, 6.07) is 13.6. The molecule has 0 aliphatic carbocycles. The molecule has 0 fully saturated rings. The lowest BCUT2D eigenvalue weighted by atomic mass is 10.2. The van der Waals surface area contributed by atoms with Crippen LogP contribution in [0.1, 0.15) is 6.92 Å². The molecule has 0 unspecified atom stereocenters. The van der Waals surface area contributed by atoms with Crippen LogP contribution in [0.2, 0.25) is 0 Å². The van der Waals surface area contributed by atoms with E-state index in [0.717, 1.165) is 11.3 Å². The minimum Gasteiger partial charge on any atom is -0.494 e. The molecule has 0 aliphatic rings. The molecule has 1 heterocycles. The third kappa shape index (κ3) is 5.23. The maximum Gasteiger partial charge on any atom is 0.234 e. The number of benzene rings is 2. The first-order chi connectivity index (χ1) is 14.1. The van der Waals surface area contributed by atoms with Crippen LogP contribution >= 0.6 is 11.8 Å². The van der Waals surface area contributed by atoms with Gasteiger partial charge in [-0.2, -0.15) is 0 Å². The zero-order chi connectivity index (χ0) is 20.6. The zero-order valence-corrected chi connectivity index (χ0v) is 16.8. The second kappa shape index (κ2) is 9.88. The molecule has 1 aromatic heterocycles. The van der Waals surface area contributed by atoms with Crippen molar-refractivity contribution >= 4 is 23.4 Å². The van der Waals surface area contributed by atoms with Gasteiger partial charge in [-0.25, -0.2) is 4.39 Å². The van der Waals surface area contributed by atoms with E-state index in [2.05, 4.69) is 22.1 Å². The molecule has 6 nitrogen and oxygen atoms in total. The number of para-hydroxylation sites is 1. The van der Waals surface area contributed by atoms with Crippen molar-refractivity contribution in [3.05, 3.63) is 67.0 Å². The Hall–Kier alpha value is -3.13. The van der Waals surface area contributed by atoms with E-state index in [4.69, 9.17) is 4.74 Å². The average Bonchev–Trinajstić information content (AvgIpc) is 3.12. The van der Waals surface area contributed by atoms with Crippen molar-refractivity contribution in [1.29, 1.82) is 0 Å². The number of nitrogens with one attached hydrogen (secondary N) is 1. The second-order valence-corrected chi connectivity index (χ2v) is 6.92. The van der Waals surface area contributed by atoms with E-state index < -0.39 is 5.82 Å². The summed E-state index contributed by atoms with van der Waals surface area (Å²) in [6.45, 7) is 6.81. The lowest BCUT2D eigenvalue weighted by Gasteiger charge is -2.09. The van der Waals surface area contributed by atoms with Gasteiger partial charge >= 0.3 is 0 Å². The topological polar surface area (TPSA) is 69.0 Å². The maximum absolute atomic E-state index is 13.7. The summed E-state index contributed by atoms with van der Waals surface area (Å²) >= 11 is 1.23. The molecule has 8 heteroatoms. The number of aromatic nitrogens is 3. The third-order valence-electron chi connectivity index (χ3n) is 3.93. The molecule has 0 radical (unpaired) electrons. The van der Waals surface area contributed by atoms with Gasteiger partial charge in [0, 0.05) is 12.1 Å². The number of anilines is 1. The van der Waals surface area contributed by atoms with Gasteiger partial charge in [-0.3, -0.25) is 9.36 Å². The normalized spacial score (nSPS) is 10.6. The van der Waals surface area contributed by atoms with Gasteiger partial charge in [0.2, 0.25) is 5.91 Å². The highest BCUT2D eigenvalue weighted by Crippen LogP contribution is 2.26. The summed E-state index contributed by atoms with van der Waals surface area (Å²) in [5.74, 6) is 0.733. The van der Waals surface area contributed by atoms with Gasteiger partial charge in [0.15, 0.2) is 11.0 Å². The van der Waals surface area contributed by atoms with Crippen molar-refractivity contribution in [3.63, 3.8) is 0 Å². The number of thioether (sulfide) groups is 1. The smallest absolute Gasteiger partial charge is 0.234 e. The number of nitrogens with zero attached hydrogens (tertiary/aromatic N) is 3. The predicted octanol–water partition coefficient (Wildman–Crippen LogP) is 4.40. The van der Waals surface area contributed by atoms with Gasteiger partial charge in [0.25, 0.3) is 0 Å². The van der Waals surface area contributed by atoms with Crippen LogP contribution in [0.25, 0.3) is 11.4 Å². The summed E-state index contributed by atoms with van der Waals surface area (Å²) < 4.78 is 21.0. The fourth-order valence-corrected chi connectivity index (χ4v) is 3.40. The molecule has 3 aromatic rings. The van der Waals surface area contributed by atoms with Crippen molar-refractivity contribution in [2.45, 2.75) is 18.6 Å². The fraction of sp³-hybridized carbons (Fsp3) is 0.190. The Kier molecular flexibility index (Phi) is 7.02. The van der Waals surface area contributed by atoms with Crippen LogP contribution in [0.5, 0.6) is 5.75 Å². The number of halogens is 1. The first-order valence-corrected chi connectivity index (χ1v) is 10.1. The monoisotopic (exact) mass is 412 g/mol. The van der Waals surface area contributed by atoms with Gasteiger partial charge in [-0.05, 0) is 43.3 Å². The van der Waals surface area contributed by atoms with E-state index in [1.165, 1.54) is 23.9 Å². The highest BCUT2D eigenvalue weighted by Gasteiger charge is 2.15. The number of rotatable bonds is 9. The van der Waals surface area contributed by atoms with E-state index >= 15 is 0 Å². The first-order valence-electron chi connectivity index (χ1n) is 9.07. The van der Waals surface area contributed by atoms with E-state index in [1.54, 1.807) is 18.2 Å². The molecular weight excluding hydrogens is 391 g/mol. The highest BCUT2D eigenvalue weighted by atomic mass is 32.2. The van der Waals surface area contributed by atoms with Gasteiger partial charge in [-0.1, -0.05) is 30.0 Å². The molecule has 0 saturated carbocycles. The summed E-state index contributed by atoms with van der Waals surface area (Å²) in [5, 5.41) is 11.6. The van der Waals surface area contributed by atoms with Gasteiger partial charge < -0.3 is 10.1 Å². The predicted molar refractivity (Wildman–Crippen MR) is 113 cm³/mol. The van der Waals surface area contributed by atoms with Crippen molar-refractivity contribution in [1.82, 2.24) is 14.8 Å². The summed E-state index contributed by atoms with van der Waals surface area (Å²) in [6.07, 6.45) is 1.74. The Bertz CT molecular complexity index is 989. The van der Waals surface area contributed by atoms with Gasteiger partial charge in [0.1, 0.15) is 11.6 Å². The van der Waals surface area contributed by atoms with E-state index in [0.29, 0.717) is 24.1 Å². The Balaban J connectivity index is 1.72. The highest BCUT2D eigenvalue weighted by molar-refractivity contribution is 7.99. The van der Waals surface area contributed by atoms with Crippen LogP contribution in [0.15, 0.2) is 66.3 Å². The second-order valence-electron chi connectivity index (χ2n) is 5.98. The van der Waals surface area contributed by atoms with Crippen LogP contribution in [-0.4, -0.2) is 33.0 Å². The molecule has 3 rings (SSSR count). The Morgan fingerprint density at radius 2 is 2.00 bits per heavy atom. The van der Waals surface area contributed by atoms with Crippen molar-refractivity contribution in [2.75, 3.05) is 17.7 Å². The van der Waals surface area contributed by atoms with E-state index in [-0.39, 0.29) is 17.3 Å². The number of hydrogen-bond acceptors (Lipinski definition) is 5. The number of amides is 1. The Morgan fingerprint density at radius 1 is 1.24 bits per heavy atom. The van der Waals surface area contributed by atoms with Crippen LogP contribution in [0.3, 0.4) is 0 Å². The average molecular weight is 412 g/mol. The summed E-state index contributed by atoms with van der Waals surface area (Å²) in [5.41, 5.74) is 1.03. The molecule has 0 spiro atoms.